The van der Waals surface area contributed by atoms with Gasteiger partial charge in [-0.05, 0) is 12.2 Å². The second-order valence-corrected chi connectivity index (χ2v) is 10.8. The van der Waals surface area contributed by atoms with Gasteiger partial charge in [-0.2, -0.15) is 0 Å². The van der Waals surface area contributed by atoms with Gasteiger partial charge in [-0.3, -0.25) is 9.97 Å². The molecule has 11 nitrogen and oxygen atoms in total. The largest absolute Gasteiger partial charge is 0.387 e. The van der Waals surface area contributed by atoms with Crippen molar-refractivity contribution in [1.29, 1.82) is 5.41 Å². The van der Waals surface area contributed by atoms with Crippen molar-refractivity contribution in [2.24, 2.45) is 5.73 Å². The lowest BCUT2D eigenvalue weighted by Crippen LogP contribution is -2.33. The van der Waals surface area contributed by atoms with E-state index in [4.69, 9.17) is 24.9 Å². The molecule has 158 valence electrons. The maximum Gasteiger partial charge on any atom is 0.328 e. The molecule has 0 amide bonds. The van der Waals surface area contributed by atoms with E-state index in [-0.39, 0.29) is 24.9 Å². The number of aliphatic hydroxyl groups is 2. The van der Waals surface area contributed by atoms with Crippen molar-refractivity contribution < 1.29 is 32.8 Å². The monoisotopic (exact) mass is 457 g/mol. The number of aromatic nitrogens is 3. The van der Waals surface area contributed by atoms with Crippen molar-refractivity contribution in [3.05, 3.63) is 23.5 Å². The molecule has 0 saturated carbocycles. The van der Waals surface area contributed by atoms with Gasteiger partial charge < -0.3 is 29.7 Å². The maximum absolute atomic E-state index is 13.1. The number of ether oxygens (including phenoxy) is 1. The van der Waals surface area contributed by atoms with Crippen LogP contribution in [0.2, 0.25) is 0 Å². The van der Waals surface area contributed by atoms with Gasteiger partial charge in [0.15, 0.2) is 12.1 Å². The second-order valence-electron chi connectivity index (χ2n) is 6.03. The molecule has 0 aliphatic carbocycles. The highest BCUT2D eigenvalue weighted by Crippen LogP contribution is 2.54. The number of nitrogens with zero attached hydrogens (tertiary/aromatic N) is 3. The van der Waals surface area contributed by atoms with E-state index < -0.39 is 40.1 Å². The predicted molar refractivity (Wildman–Crippen MR) is 104 cm³/mol. The molecule has 15 heteroatoms. The first-order chi connectivity index (χ1) is 13.0. The smallest absolute Gasteiger partial charge is 0.328 e. The van der Waals surface area contributed by atoms with Gasteiger partial charge >= 0.3 is 7.60 Å². The Bertz CT molecular complexity index is 778. The topological polar surface area (TPSA) is 166 Å². The Hall–Kier alpha value is -0.830. The van der Waals surface area contributed by atoms with Gasteiger partial charge in [0.2, 0.25) is 5.82 Å². The molecule has 28 heavy (non-hydrogen) atoms. The SMILES string of the molecule is C/C(=C\COP(C)(=O)OCC1OC(n2cnc(C(=N)N)n2)C(O)C1O)P(F)P. The fraction of sp³-hybridized carbons (Fsp3) is 0.615. The summed E-state index contributed by atoms with van der Waals surface area (Å²) in [6.45, 7) is 2.41. The molecule has 0 spiro atoms. The van der Waals surface area contributed by atoms with E-state index in [9.17, 15) is 19.0 Å². The molecule has 1 aromatic rings. The minimum Gasteiger partial charge on any atom is -0.387 e. The first-order valence-electron chi connectivity index (χ1n) is 8.03. The van der Waals surface area contributed by atoms with E-state index in [1.54, 1.807) is 6.92 Å². The van der Waals surface area contributed by atoms with Crippen LogP contribution in [0.4, 0.5) is 4.20 Å². The number of halogens is 1. The molecule has 1 fully saturated rings. The number of nitrogens with one attached hydrogen (secondary N) is 1. The lowest BCUT2D eigenvalue weighted by atomic mass is 10.1. The van der Waals surface area contributed by atoms with Crippen LogP contribution in [0.15, 0.2) is 17.7 Å². The number of hydrogen-bond acceptors (Lipinski definition) is 9. The number of aliphatic hydroxyl groups excluding tert-OH is 2. The van der Waals surface area contributed by atoms with Gasteiger partial charge in [-0.15, -0.1) is 5.10 Å². The molecule has 7 atom stereocenters. The summed E-state index contributed by atoms with van der Waals surface area (Å²) in [7, 11) is -3.26. The standard InChI is InChI=1S/C13H23FN5O6P3/c1-7(27(14)26)3-4-23-28(2,22)24-5-8-9(20)10(21)13(25-8)19-6-17-12(18-19)11(15)16/h3,6,8-10,13,20-21H,4-5,26H2,1-2H3,(H3,15,16)/b7-3+. The molecule has 0 aromatic carbocycles. The van der Waals surface area contributed by atoms with Gasteiger partial charge in [-0.1, -0.05) is 15.0 Å². The predicted octanol–water partition coefficient (Wildman–Crippen LogP) is 1.10. The van der Waals surface area contributed by atoms with Crippen LogP contribution in [0.3, 0.4) is 0 Å². The zero-order chi connectivity index (χ0) is 21.1. The van der Waals surface area contributed by atoms with E-state index in [0.29, 0.717) is 5.31 Å². The first-order valence-corrected chi connectivity index (χ1v) is 12.9. The molecular weight excluding hydrogens is 434 g/mol. The Kier molecular flexibility index (Phi) is 8.19. The first kappa shape index (κ1) is 23.4. The van der Waals surface area contributed by atoms with Gasteiger partial charge in [0.1, 0.15) is 32.6 Å². The number of rotatable bonds is 9. The third-order valence-corrected chi connectivity index (χ3v) is 7.16. The van der Waals surface area contributed by atoms with Crippen LogP contribution in [-0.4, -0.2) is 69.0 Å². The zero-order valence-electron chi connectivity index (χ0n) is 15.2. The molecule has 2 rings (SSSR count). The minimum absolute atomic E-state index is 0.0535. The maximum atomic E-state index is 13.1. The van der Waals surface area contributed by atoms with Crippen LogP contribution >= 0.6 is 24.4 Å². The Balaban J connectivity index is 1.92. The molecule has 7 unspecified atom stereocenters. The van der Waals surface area contributed by atoms with Crippen LogP contribution in [0.25, 0.3) is 0 Å². The number of nitrogens with two attached hydrogens (primary N) is 1. The highest BCUT2D eigenvalue weighted by atomic mass is 32.0. The van der Waals surface area contributed by atoms with Gasteiger partial charge in [0, 0.05) is 6.66 Å². The highest BCUT2D eigenvalue weighted by molar-refractivity contribution is 8.12. The summed E-state index contributed by atoms with van der Waals surface area (Å²) < 4.78 is 42.4. The van der Waals surface area contributed by atoms with Crippen molar-refractivity contribution >= 4 is 30.3 Å². The summed E-state index contributed by atoms with van der Waals surface area (Å²) >= 11 is 0. The lowest BCUT2D eigenvalue weighted by molar-refractivity contribution is -0.0566. The molecule has 1 aliphatic heterocycles. The molecule has 0 bridgehead atoms. The van der Waals surface area contributed by atoms with Gasteiger partial charge in [0.25, 0.3) is 0 Å². The quantitative estimate of drug-likeness (QED) is 0.241. The molecular formula is C13H23FN5O6P3. The van der Waals surface area contributed by atoms with E-state index in [0.717, 1.165) is 4.68 Å². The number of nitrogen functional groups attached to an aromatic ring is 1. The summed E-state index contributed by atoms with van der Waals surface area (Å²) in [5.74, 6) is -0.413. The third kappa shape index (κ3) is 6.08. The van der Waals surface area contributed by atoms with E-state index in [1.165, 1.54) is 19.1 Å². The second kappa shape index (κ2) is 9.78. The molecule has 1 aliphatic rings. The molecule has 5 N–H and O–H groups in total. The number of amidine groups is 1. The van der Waals surface area contributed by atoms with Gasteiger partial charge in [-0.25, -0.2) is 13.9 Å². The zero-order valence-corrected chi connectivity index (χ0v) is 18.1. The Labute approximate surface area is 164 Å². The summed E-state index contributed by atoms with van der Waals surface area (Å²) in [4.78, 5) is 3.79. The van der Waals surface area contributed by atoms with Crippen molar-refractivity contribution in [3.8, 4) is 0 Å². The Morgan fingerprint density at radius 3 is 2.82 bits per heavy atom. The number of allylic oxidation sites excluding steroid dienone is 1. The fourth-order valence-corrected chi connectivity index (χ4v) is 3.64. The lowest BCUT2D eigenvalue weighted by Gasteiger charge is -2.18. The summed E-state index contributed by atoms with van der Waals surface area (Å²) in [6, 6.07) is 0. The van der Waals surface area contributed by atoms with E-state index in [1.807, 2.05) is 0 Å². The average molecular weight is 457 g/mol. The van der Waals surface area contributed by atoms with E-state index >= 15 is 0 Å². The van der Waals surface area contributed by atoms with Crippen LogP contribution in [-0.2, 0) is 18.3 Å². The average Bonchev–Trinajstić information content (AvgIpc) is 3.19. The highest BCUT2D eigenvalue weighted by Gasteiger charge is 2.45. The van der Waals surface area contributed by atoms with E-state index in [2.05, 4.69) is 19.0 Å². The number of hydrogen-bond donors (Lipinski definition) is 4. The van der Waals surface area contributed by atoms with Crippen LogP contribution in [0.1, 0.15) is 19.0 Å². The summed E-state index contributed by atoms with van der Waals surface area (Å²) in [5, 5.41) is 32.0. The normalized spacial score (nSPS) is 28.9. The Morgan fingerprint density at radius 1 is 1.57 bits per heavy atom. The van der Waals surface area contributed by atoms with Crippen molar-refractivity contribution in [2.75, 3.05) is 19.9 Å². The van der Waals surface area contributed by atoms with Gasteiger partial charge in [0.05, 0.1) is 13.2 Å². The fourth-order valence-electron chi connectivity index (χ4n) is 2.23. The van der Waals surface area contributed by atoms with Crippen molar-refractivity contribution in [3.63, 3.8) is 0 Å². The molecule has 1 saturated heterocycles. The summed E-state index contributed by atoms with van der Waals surface area (Å²) in [5.41, 5.74) is 5.29. The van der Waals surface area contributed by atoms with Crippen molar-refractivity contribution in [1.82, 2.24) is 14.8 Å². The molecule has 2 heterocycles. The summed E-state index contributed by atoms with van der Waals surface area (Å²) in [6.07, 6.45) is -2.12. The van der Waals surface area contributed by atoms with Crippen LogP contribution in [0, 0.1) is 5.41 Å². The van der Waals surface area contributed by atoms with Crippen molar-refractivity contribution in [2.45, 2.75) is 31.5 Å². The van der Waals surface area contributed by atoms with Crippen LogP contribution in [0.5, 0.6) is 0 Å². The Morgan fingerprint density at radius 2 is 2.25 bits per heavy atom. The molecule has 0 radical (unpaired) electrons. The molecule has 1 aromatic heterocycles. The minimum atomic E-state index is -3.50. The van der Waals surface area contributed by atoms with Crippen LogP contribution < -0.4 is 5.73 Å². The third-order valence-electron chi connectivity index (χ3n) is 3.85.